The molecule has 1 rings (SSSR count). The second kappa shape index (κ2) is 9.78. The van der Waals surface area contributed by atoms with E-state index in [9.17, 15) is 0 Å². The van der Waals surface area contributed by atoms with Gasteiger partial charge in [-0.25, -0.2) is 0 Å². The summed E-state index contributed by atoms with van der Waals surface area (Å²) in [4.78, 5) is 4.07. The summed E-state index contributed by atoms with van der Waals surface area (Å²) in [6, 6.07) is 0. The molecule has 102 valence electrons. The Morgan fingerprint density at radius 1 is 1.33 bits per heavy atom. The SMILES string of the molecule is C#CCNC(=NC)NCCCOC1CCCCC1. The number of hydrogen-bond donors (Lipinski definition) is 2. The summed E-state index contributed by atoms with van der Waals surface area (Å²) in [5.41, 5.74) is 0. The van der Waals surface area contributed by atoms with E-state index < -0.39 is 0 Å². The number of nitrogens with zero attached hydrogens (tertiary/aromatic N) is 1. The average Bonchev–Trinajstić information content (AvgIpc) is 2.43. The maximum absolute atomic E-state index is 5.85. The topological polar surface area (TPSA) is 45.7 Å². The van der Waals surface area contributed by atoms with E-state index in [2.05, 4.69) is 21.5 Å². The van der Waals surface area contributed by atoms with Gasteiger partial charge in [-0.1, -0.05) is 25.2 Å². The van der Waals surface area contributed by atoms with Gasteiger partial charge >= 0.3 is 0 Å². The van der Waals surface area contributed by atoms with Crippen molar-refractivity contribution in [3.63, 3.8) is 0 Å². The van der Waals surface area contributed by atoms with E-state index >= 15 is 0 Å². The Labute approximate surface area is 111 Å². The Hall–Kier alpha value is -1.21. The summed E-state index contributed by atoms with van der Waals surface area (Å²) in [5.74, 6) is 3.28. The second-order valence-corrected chi connectivity index (χ2v) is 4.54. The van der Waals surface area contributed by atoms with Crippen LogP contribution in [0.2, 0.25) is 0 Å². The molecule has 0 aromatic carbocycles. The quantitative estimate of drug-likeness (QED) is 0.326. The number of aliphatic imine (C=N–C) groups is 1. The largest absolute Gasteiger partial charge is 0.378 e. The monoisotopic (exact) mass is 251 g/mol. The van der Waals surface area contributed by atoms with Gasteiger partial charge in [0.2, 0.25) is 0 Å². The molecule has 18 heavy (non-hydrogen) atoms. The molecule has 0 atom stereocenters. The van der Waals surface area contributed by atoms with Gasteiger partial charge in [0, 0.05) is 20.2 Å². The molecule has 0 aromatic heterocycles. The Morgan fingerprint density at radius 3 is 2.78 bits per heavy atom. The van der Waals surface area contributed by atoms with Crippen LogP contribution in [0.15, 0.2) is 4.99 Å². The first kappa shape index (κ1) is 14.8. The highest BCUT2D eigenvalue weighted by molar-refractivity contribution is 5.79. The Bertz CT molecular complexity index is 277. The summed E-state index contributed by atoms with van der Waals surface area (Å²) >= 11 is 0. The molecule has 0 bridgehead atoms. The van der Waals surface area contributed by atoms with E-state index in [1.807, 2.05) is 0 Å². The van der Waals surface area contributed by atoms with Crippen LogP contribution in [0, 0.1) is 12.3 Å². The highest BCUT2D eigenvalue weighted by atomic mass is 16.5. The molecule has 0 aliphatic heterocycles. The fourth-order valence-corrected chi connectivity index (χ4v) is 2.12. The fourth-order valence-electron chi connectivity index (χ4n) is 2.12. The molecule has 0 unspecified atom stereocenters. The molecule has 0 saturated heterocycles. The van der Waals surface area contributed by atoms with Gasteiger partial charge in [0.1, 0.15) is 0 Å². The molecule has 0 amide bonds. The minimum absolute atomic E-state index is 0.498. The Kier molecular flexibility index (Phi) is 8.07. The molecule has 2 N–H and O–H groups in total. The molecule has 1 aliphatic rings. The third-order valence-corrected chi connectivity index (χ3v) is 3.10. The van der Waals surface area contributed by atoms with E-state index in [1.54, 1.807) is 7.05 Å². The van der Waals surface area contributed by atoms with Gasteiger partial charge < -0.3 is 15.4 Å². The standard InChI is InChI=1S/C14H25N3O/c1-3-10-16-14(15-2)17-11-7-12-18-13-8-5-4-6-9-13/h1,13H,4-12H2,2H3,(H2,15,16,17). The van der Waals surface area contributed by atoms with Crippen LogP contribution in [0.1, 0.15) is 38.5 Å². The van der Waals surface area contributed by atoms with Crippen molar-refractivity contribution in [2.45, 2.75) is 44.6 Å². The van der Waals surface area contributed by atoms with Gasteiger partial charge in [0.15, 0.2) is 5.96 Å². The minimum Gasteiger partial charge on any atom is -0.378 e. The maximum Gasteiger partial charge on any atom is 0.191 e. The molecule has 0 heterocycles. The van der Waals surface area contributed by atoms with Gasteiger partial charge in [-0.2, -0.15) is 0 Å². The van der Waals surface area contributed by atoms with Crippen LogP contribution in [0.3, 0.4) is 0 Å². The zero-order valence-corrected chi connectivity index (χ0v) is 11.4. The first-order valence-electron chi connectivity index (χ1n) is 6.86. The number of ether oxygens (including phenoxy) is 1. The van der Waals surface area contributed by atoms with Gasteiger partial charge in [-0.05, 0) is 19.3 Å². The number of guanidine groups is 1. The van der Waals surface area contributed by atoms with Crippen molar-refractivity contribution in [1.82, 2.24) is 10.6 Å². The van der Waals surface area contributed by atoms with Crippen molar-refractivity contribution >= 4 is 5.96 Å². The second-order valence-electron chi connectivity index (χ2n) is 4.54. The smallest absolute Gasteiger partial charge is 0.191 e. The summed E-state index contributed by atoms with van der Waals surface area (Å²) in [7, 11) is 1.74. The third-order valence-electron chi connectivity index (χ3n) is 3.10. The van der Waals surface area contributed by atoms with E-state index in [1.165, 1.54) is 32.1 Å². The lowest BCUT2D eigenvalue weighted by atomic mass is 9.98. The number of rotatable bonds is 6. The molecule has 0 radical (unpaired) electrons. The molecular formula is C14H25N3O. The van der Waals surface area contributed by atoms with Crippen LogP contribution in [0.5, 0.6) is 0 Å². The van der Waals surface area contributed by atoms with Crippen molar-refractivity contribution in [2.75, 3.05) is 26.7 Å². The maximum atomic E-state index is 5.85. The lowest BCUT2D eigenvalue weighted by Gasteiger charge is -2.22. The predicted molar refractivity (Wildman–Crippen MR) is 75.6 cm³/mol. The molecule has 4 heteroatoms. The molecule has 0 spiro atoms. The first-order chi connectivity index (χ1) is 8.86. The predicted octanol–water partition coefficient (Wildman–Crippen LogP) is 1.52. The fraction of sp³-hybridized carbons (Fsp3) is 0.786. The molecule has 0 aromatic rings. The van der Waals surface area contributed by atoms with Crippen molar-refractivity contribution in [3.05, 3.63) is 0 Å². The van der Waals surface area contributed by atoms with Gasteiger partial charge in [0.25, 0.3) is 0 Å². The lowest BCUT2D eigenvalue weighted by molar-refractivity contribution is 0.0277. The number of hydrogen-bond acceptors (Lipinski definition) is 2. The van der Waals surface area contributed by atoms with E-state index in [4.69, 9.17) is 11.2 Å². The van der Waals surface area contributed by atoms with Gasteiger partial charge in [0.05, 0.1) is 12.6 Å². The highest BCUT2D eigenvalue weighted by Gasteiger charge is 2.12. The number of nitrogens with one attached hydrogen (secondary N) is 2. The van der Waals surface area contributed by atoms with Crippen molar-refractivity contribution in [3.8, 4) is 12.3 Å². The van der Waals surface area contributed by atoms with Crippen molar-refractivity contribution in [1.29, 1.82) is 0 Å². The minimum atomic E-state index is 0.498. The van der Waals surface area contributed by atoms with Crippen molar-refractivity contribution in [2.24, 2.45) is 4.99 Å². The van der Waals surface area contributed by atoms with Crippen LogP contribution in [-0.4, -0.2) is 38.8 Å². The van der Waals surface area contributed by atoms with Crippen LogP contribution in [0.25, 0.3) is 0 Å². The molecule has 4 nitrogen and oxygen atoms in total. The summed E-state index contributed by atoms with van der Waals surface area (Å²) in [6.07, 6.45) is 13.2. The third kappa shape index (κ3) is 6.51. The summed E-state index contributed by atoms with van der Waals surface area (Å²) in [6.45, 7) is 2.18. The summed E-state index contributed by atoms with van der Waals surface area (Å²) < 4.78 is 5.85. The van der Waals surface area contributed by atoms with Crippen LogP contribution >= 0.6 is 0 Å². The van der Waals surface area contributed by atoms with E-state index in [-0.39, 0.29) is 0 Å². The Morgan fingerprint density at radius 2 is 2.11 bits per heavy atom. The first-order valence-corrected chi connectivity index (χ1v) is 6.86. The average molecular weight is 251 g/mol. The van der Waals surface area contributed by atoms with Gasteiger partial charge in [-0.15, -0.1) is 6.42 Å². The van der Waals surface area contributed by atoms with Crippen LogP contribution < -0.4 is 10.6 Å². The van der Waals surface area contributed by atoms with E-state index in [0.717, 1.165) is 25.5 Å². The molecule has 1 saturated carbocycles. The summed E-state index contributed by atoms with van der Waals surface area (Å²) in [5, 5.41) is 6.23. The van der Waals surface area contributed by atoms with Crippen molar-refractivity contribution < 1.29 is 4.74 Å². The zero-order chi connectivity index (χ0) is 13.1. The zero-order valence-electron chi connectivity index (χ0n) is 11.4. The Balaban J connectivity index is 1.98. The molecular weight excluding hydrogens is 226 g/mol. The van der Waals surface area contributed by atoms with Gasteiger partial charge in [-0.3, -0.25) is 4.99 Å². The van der Waals surface area contributed by atoms with E-state index in [0.29, 0.717) is 12.6 Å². The highest BCUT2D eigenvalue weighted by Crippen LogP contribution is 2.20. The lowest BCUT2D eigenvalue weighted by Crippen LogP contribution is -2.38. The molecule has 1 aliphatic carbocycles. The van der Waals surface area contributed by atoms with Crippen LogP contribution in [-0.2, 0) is 4.74 Å². The van der Waals surface area contributed by atoms with Crippen LogP contribution in [0.4, 0.5) is 0 Å². The normalized spacial score (nSPS) is 17.2. The molecule has 1 fully saturated rings. The number of terminal acetylenes is 1.